The number of hydrogen-bond acceptors (Lipinski definition) is 3. The minimum atomic E-state index is -0.0725. The highest BCUT2D eigenvalue weighted by molar-refractivity contribution is 6.14. The van der Waals surface area contributed by atoms with Crippen LogP contribution in [0.5, 0.6) is 0 Å². The molecule has 3 heterocycles. The first-order valence-corrected chi connectivity index (χ1v) is 7.29. The summed E-state index contributed by atoms with van der Waals surface area (Å²) in [6, 6.07) is 14.8. The lowest BCUT2D eigenvalue weighted by Gasteiger charge is -2.04. The van der Waals surface area contributed by atoms with Crippen molar-refractivity contribution >= 4 is 33.1 Å². The molecule has 23 heavy (non-hydrogen) atoms. The Morgan fingerprint density at radius 3 is 2.74 bits per heavy atom. The van der Waals surface area contributed by atoms with Crippen LogP contribution < -0.4 is 5.43 Å². The Bertz CT molecular complexity index is 1230. The standard InChI is InChI=1S/C18H11N3O2/c22-11-6-7-12-14(8-11)23-17-15(10-4-2-1-3-5-10)13-9-19-21-18(13)20-16(12)17/h1-9H,(H2,19,20,21). The molecule has 5 rings (SSSR count). The first-order chi connectivity index (χ1) is 11.3. The van der Waals surface area contributed by atoms with Crippen LogP contribution >= 0.6 is 0 Å². The Morgan fingerprint density at radius 1 is 1.00 bits per heavy atom. The summed E-state index contributed by atoms with van der Waals surface area (Å²) in [5.41, 5.74) is 4.70. The van der Waals surface area contributed by atoms with Crippen LogP contribution in [0.4, 0.5) is 0 Å². The predicted molar refractivity (Wildman–Crippen MR) is 89.4 cm³/mol. The molecular formula is C18H11N3O2. The zero-order valence-corrected chi connectivity index (χ0v) is 12.0. The Hall–Kier alpha value is -3.34. The molecular weight excluding hydrogens is 290 g/mol. The highest BCUT2D eigenvalue weighted by atomic mass is 16.3. The number of benzene rings is 2. The SMILES string of the molecule is O=c1ccc2c(c1)oc1c(-c3ccccc3)c3c[nH][nH]c3nc12. The number of fused-ring (bicyclic) bond motifs is 4. The highest BCUT2D eigenvalue weighted by Crippen LogP contribution is 2.38. The van der Waals surface area contributed by atoms with E-state index in [9.17, 15) is 4.79 Å². The van der Waals surface area contributed by atoms with E-state index < -0.39 is 0 Å². The van der Waals surface area contributed by atoms with Gasteiger partial charge in [0.2, 0.25) is 0 Å². The van der Waals surface area contributed by atoms with Gasteiger partial charge in [-0.3, -0.25) is 9.89 Å². The van der Waals surface area contributed by atoms with Crippen molar-refractivity contribution in [1.82, 2.24) is 15.2 Å². The summed E-state index contributed by atoms with van der Waals surface area (Å²) in [6.07, 6.45) is 1.87. The maximum atomic E-state index is 11.6. The molecule has 0 saturated carbocycles. The second kappa shape index (κ2) is 4.33. The third-order valence-electron chi connectivity index (χ3n) is 4.08. The van der Waals surface area contributed by atoms with Gasteiger partial charge in [0.1, 0.15) is 11.1 Å². The number of aromatic nitrogens is 3. The monoisotopic (exact) mass is 301 g/mol. The van der Waals surface area contributed by atoms with Gasteiger partial charge in [-0.15, -0.1) is 0 Å². The summed E-state index contributed by atoms with van der Waals surface area (Å²) >= 11 is 0. The van der Waals surface area contributed by atoms with Crippen LogP contribution in [0, 0.1) is 0 Å². The van der Waals surface area contributed by atoms with E-state index in [1.165, 1.54) is 12.1 Å². The summed E-state index contributed by atoms with van der Waals surface area (Å²) < 4.78 is 6.01. The first kappa shape index (κ1) is 12.2. The molecule has 0 radical (unpaired) electrons. The molecule has 0 saturated heterocycles. The van der Waals surface area contributed by atoms with E-state index >= 15 is 0 Å². The molecule has 0 atom stereocenters. The minimum absolute atomic E-state index is 0.0725. The molecule has 0 aliphatic heterocycles. The van der Waals surface area contributed by atoms with Gasteiger partial charge >= 0.3 is 0 Å². The number of rotatable bonds is 1. The second-order valence-electron chi connectivity index (χ2n) is 5.47. The largest absolute Gasteiger partial charge is 0.454 e. The zero-order chi connectivity index (χ0) is 15.4. The molecule has 5 nitrogen and oxygen atoms in total. The van der Waals surface area contributed by atoms with Gasteiger partial charge in [-0.2, -0.15) is 0 Å². The van der Waals surface area contributed by atoms with Gasteiger partial charge in [0.25, 0.3) is 0 Å². The lowest BCUT2D eigenvalue weighted by Crippen LogP contribution is -1.92. The second-order valence-corrected chi connectivity index (χ2v) is 5.47. The number of nitrogens with one attached hydrogen (secondary N) is 2. The molecule has 2 N–H and O–H groups in total. The normalized spacial score (nSPS) is 11.7. The van der Waals surface area contributed by atoms with Crippen molar-refractivity contribution in [1.29, 1.82) is 0 Å². The van der Waals surface area contributed by atoms with Gasteiger partial charge in [0.15, 0.2) is 16.7 Å². The van der Waals surface area contributed by atoms with Gasteiger partial charge in [0.05, 0.1) is 0 Å². The molecule has 0 bridgehead atoms. The molecule has 5 heteroatoms. The van der Waals surface area contributed by atoms with Crippen LogP contribution in [-0.2, 0) is 0 Å². The Kier molecular flexibility index (Phi) is 2.30. The predicted octanol–water partition coefficient (Wildman–Crippen LogP) is 3.82. The van der Waals surface area contributed by atoms with E-state index in [0.29, 0.717) is 11.2 Å². The number of hydrogen-bond donors (Lipinski definition) is 2. The Morgan fingerprint density at radius 2 is 1.87 bits per heavy atom. The molecule has 0 spiro atoms. The third kappa shape index (κ3) is 1.67. The maximum Gasteiger partial charge on any atom is 0.182 e. The van der Waals surface area contributed by atoms with E-state index in [-0.39, 0.29) is 5.43 Å². The van der Waals surface area contributed by atoms with Crippen LogP contribution in [0.3, 0.4) is 0 Å². The summed E-state index contributed by atoms with van der Waals surface area (Å²) in [5.74, 6) is 0. The molecule has 2 aromatic carbocycles. The zero-order valence-electron chi connectivity index (χ0n) is 12.0. The fraction of sp³-hybridized carbons (Fsp3) is 0. The number of furan rings is 1. The van der Waals surface area contributed by atoms with Crippen molar-refractivity contribution in [2.24, 2.45) is 0 Å². The summed E-state index contributed by atoms with van der Waals surface area (Å²) in [4.78, 5) is 16.3. The van der Waals surface area contributed by atoms with E-state index in [1.54, 1.807) is 6.07 Å². The van der Waals surface area contributed by atoms with E-state index in [2.05, 4.69) is 15.2 Å². The fourth-order valence-electron chi connectivity index (χ4n) is 3.06. The van der Waals surface area contributed by atoms with Crippen molar-refractivity contribution in [2.75, 3.05) is 0 Å². The molecule has 3 aromatic heterocycles. The van der Waals surface area contributed by atoms with E-state index in [4.69, 9.17) is 4.42 Å². The van der Waals surface area contributed by atoms with Crippen molar-refractivity contribution < 1.29 is 4.42 Å². The summed E-state index contributed by atoms with van der Waals surface area (Å²) in [5, 5.41) is 7.83. The van der Waals surface area contributed by atoms with Gasteiger partial charge in [0, 0.05) is 28.6 Å². The molecule has 0 fully saturated rings. The van der Waals surface area contributed by atoms with Gasteiger partial charge in [-0.05, 0) is 17.7 Å². The Labute approximate surface area is 129 Å². The Balaban J connectivity index is 2.05. The van der Waals surface area contributed by atoms with Crippen LogP contribution in [0.15, 0.2) is 63.9 Å². The molecule has 0 unspecified atom stereocenters. The molecule has 0 aliphatic carbocycles. The molecule has 5 aromatic rings. The number of nitrogens with zero attached hydrogens (tertiary/aromatic N) is 1. The first-order valence-electron chi connectivity index (χ1n) is 7.29. The topological polar surface area (TPSA) is 74.7 Å². The average Bonchev–Trinajstić information content (AvgIpc) is 3.16. The maximum absolute atomic E-state index is 11.6. The molecule has 110 valence electrons. The average molecular weight is 301 g/mol. The van der Waals surface area contributed by atoms with Crippen molar-refractivity contribution in [3.63, 3.8) is 0 Å². The van der Waals surface area contributed by atoms with Crippen LogP contribution in [0.1, 0.15) is 0 Å². The highest BCUT2D eigenvalue weighted by Gasteiger charge is 2.18. The summed E-state index contributed by atoms with van der Waals surface area (Å²) in [6.45, 7) is 0. The van der Waals surface area contributed by atoms with Crippen molar-refractivity contribution in [3.8, 4) is 11.1 Å². The molecule has 0 aliphatic rings. The van der Waals surface area contributed by atoms with E-state index in [1.807, 2.05) is 36.5 Å². The van der Waals surface area contributed by atoms with Crippen molar-refractivity contribution in [3.05, 3.63) is 65.0 Å². The molecule has 0 amide bonds. The van der Waals surface area contributed by atoms with Crippen LogP contribution in [0.2, 0.25) is 0 Å². The number of H-pyrrole nitrogens is 2. The van der Waals surface area contributed by atoms with Gasteiger partial charge in [-0.25, -0.2) is 4.98 Å². The van der Waals surface area contributed by atoms with Gasteiger partial charge in [-0.1, -0.05) is 30.3 Å². The quantitative estimate of drug-likeness (QED) is 0.494. The minimum Gasteiger partial charge on any atom is -0.454 e. The van der Waals surface area contributed by atoms with Crippen LogP contribution in [-0.4, -0.2) is 15.2 Å². The lowest BCUT2D eigenvalue weighted by atomic mass is 10.0. The van der Waals surface area contributed by atoms with Crippen molar-refractivity contribution in [2.45, 2.75) is 0 Å². The smallest absolute Gasteiger partial charge is 0.182 e. The number of pyridine rings is 1. The fourth-order valence-corrected chi connectivity index (χ4v) is 3.06. The lowest BCUT2D eigenvalue weighted by molar-refractivity contribution is 0.669. The summed E-state index contributed by atoms with van der Waals surface area (Å²) in [7, 11) is 0. The van der Waals surface area contributed by atoms with E-state index in [0.717, 1.165) is 33.1 Å². The van der Waals surface area contributed by atoms with Crippen LogP contribution in [0.25, 0.3) is 44.2 Å². The third-order valence-corrected chi connectivity index (χ3v) is 4.08. The number of aromatic amines is 2. The van der Waals surface area contributed by atoms with Gasteiger partial charge < -0.3 is 9.52 Å².